The molecule has 214 valence electrons. The van der Waals surface area contributed by atoms with Crippen LogP contribution in [0.5, 0.6) is 0 Å². The molecule has 0 radical (unpaired) electrons. The molecule has 2 unspecified atom stereocenters. The first-order valence-electron chi connectivity index (χ1n) is 12.7. The third-order valence-electron chi connectivity index (χ3n) is 6.55. The Labute approximate surface area is 251 Å². The highest BCUT2D eigenvalue weighted by Crippen LogP contribution is 2.35. The van der Waals surface area contributed by atoms with Crippen molar-refractivity contribution in [2.45, 2.75) is 57.6 Å². The highest BCUT2D eigenvalue weighted by atomic mass is 35.5. The zero-order valence-corrected chi connectivity index (χ0v) is 25.8. The molecule has 3 aromatic carbocycles. The number of hydrogen-bond donors (Lipinski definition) is 1. The summed E-state index contributed by atoms with van der Waals surface area (Å²) in [7, 11) is -4.27. The topological polar surface area (TPSA) is 86.8 Å². The lowest BCUT2D eigenvalue weighted by atomic mass is 10.1. The molecule has 2 atom stereocenters. The fourth-order valence-corrected chi connectivity index (χ4v) is 5.96. The van der Waals surface area contributed by atoms with Gasteiger partial charge in [0.05, 0.1) is 20.6 Å². The van der Waals surface area contributed by atoms with Gasteiger partial charge in [-0.15, -0.1) is 0 Å². The lowest BCUT2D eigenvalue weighted by Gasteiger charge is -2.33. The molecule has 11 heteroatoms. The monoisotopic (exact) mass is 623 g/mol. The first-order valence-corrected chi connectivity index (χ1v) is 15.3. The summed E-state index contributed by atoms with van der Waals surface area (Å²) < 4.78 is 28.8. The molecule has 0 aliphatic rings. The van der Waals surface area contributed by atoms with Crippen molar-refractivity contribution in [3.05, 3.63) is 92.9 Å². The molecule has 0 saturated heterocycles. The van der Waals surface area contributed by atoms with Gasteiger partial charge in [-0.05, 0) is 63.1 Å². The molecule has 0 aliphatic carbocycles. The van der Waals surface area contributed by atoms with Crippen LogP contribution in [0.2, 0.25) is 15.1 Å². The number of nitrogens with one attached hydrogen (secondary N) is 1. The van der Waals surface area contributed by atoms with Gasteiger partial charge in [0.25, 0.3) is 10.0 Å². The average molecular weight is 625 g/mol. The molecule has 0 bridgehead atoms. The molecule has 0 fully saturated rings. The summed E-state index contributed by atoms with van der Waals surface area (Å²) >= 11 is 19.1. The molecule has 1 N–H and O–H groups in total. The van der Waals surface area contributed by atoms with Crippen molar-refractivity contribution in [3.8, 4) is 0 Å². The fourth-order valence-electron chi connectivity index (χ4n) is 3.89. The number of carbonyl (C=O) groups excluding carboxylic acids is 2. The third kappa shape index (κ3) is 7.49. The molecule has 0 spiro atoms. The van der Waals surface area contributed by atoms with Crippen LogP contribution in [0.1, 0.15) is 38.3 Å². The Balaban J connectivity index is 2.08. The van der Waals surface area contributed by atoms with Gasteiger partial charge in [0.1, 0.15) is 12.6 Å². The lowest BCUT2D eigenvalue weighted by Crippen LogP contribution is -2.52. The Morgan fingerprint density at radius 3 is 2.15 bits per heavy atom. The van der Waals surface area contributed by atoms with Crippen LogP contribution in [0.15, 0.2) is 71.6 Å². The van der Waals surface area contributed by atoms with Crippen LogP contribution in [0.25, 0.3) is 0 Å². The van der Waals surface area contributed by atoms with Gasteiger partial charge in [0.15, 0.2) is 0 Å². The van der Waals surface area contributed by atoms with E-state index in [2.05, 4.69) is 5.32 Å². The van der Waals surface area contributed by atoms with Gasteiger partial charge in [-0.3, -0.25) is 13.9 Å². The summed E-state index contributed by atoms with van der Waals surface area (Å²) in [6.07, 6.45) is 0.701. The summed E-state index contributed by atoms with van der Waals surface area (Å²) in [6.45, 7) is 6.57. The van der Waals surface area contributed by atoms with E-state index in [9.17, 15) is 18.0 Å². The first kappa shape index (κ1) is 31.7. The molecule has 3 rings (SSSR count). The van der Waals surface area contributed by atoms with Gasteiger partial charge in [-0.1, -0.05) is 83.7 Å². The van der Waals surface area contributed by atoms with Gasteiger partial charge < -0.3 is 10.2 Å². The van der Waals surface area contributed by atoms with Crippen molar-refractivity contribution in [3.63, 3.8) is 0 Å². The second kappa shape index (κ2) is 13.7. The van der Waals surface area contributed by atoms with Gasteiger partial charge in [0.2, 0.25) is 11.8 Å². The molecule has 0 aromatic heterocycles. The summed E-state index contributed by atoms with van der Waals surface area (Å²) in [4.78, 5) is 28.4. The highest BCUT2D eigenvalue weighted by Gasteiger charge is 2.34. The van der Waals surface area contributed by atoms with Gasteiger partial charge in [-0.2, -0.15) is 0 Å². The Morgan fingerprint density at radius 1 is 0.900 bits per heavy atom. The Hall–Kier alpha value is -2.78. The second-order valence-corrected chi connectivity index (χ2v) is 12.6. The minimum Gasteiger partial charge on any atom is -0.352 e. The predicted molar refractivity (Wildman–Crippen MR) is 162 cm³/mol. The van der Waals surface area contributed by atoms with Gasteiger partial charge in [-0.25, -0.2) is 8.42 Å². The number of sulfonamides is 1. The molecular formula is C29H32Cl3N3O4S. The van der Waals surface area contributed by atoms with E-state index >= 15 is 0 Å². The normalized spacial score (nSPS) is 12.9. The number of aryl methyl sites for hydroxylation is 1. The maximum Gasteiger partial charge on any atom is 0.264 e. The van der Waals surface area contributed by atoms with Crippen molar-refractivity contribution in [1.82, 2.24) is 10.2 Å². The first-order chi connectivity index (χ1) is 18.9. The van der Waals surface area contributed by atoms with E-state index in [0.717, 1.165) is 9.87 Å². The summed E-state index contributed by atoms with van der Waals surface area (Å²) in [6, 6.07) is 16.7. The number of amides is 2. The van der Waals surface area contributed by atoms with Crippen LogP contribution in [0, 0.1) is 6.92 Å². The van der Waals surface area contributed by atoms with E-state index in [1.807, 2.05) is 20.8 Å². The molecule has 0 heterocycles. The lowest BCUT2D eigenvalue weighted by molar-refractivity contribution is -0.139. The predicted octanol–water partition coefficient (Wildman–Crippen LogP) is 6.48. The van der Waals surface area contributed by atoms with E-state index in [1.165, 1.54) is 29.2 Å². The number of rotatable bonds is 11. The maximum absolute atomic E-state index is 14.0. The molecule has 0 aliphatic heterocycles. The Kier molecular flexibility index (Phi) is 10.9. The maximum atomic E-state index is 14.0. The van der Waals surface area contributed by atoms with Crippen molar-refractivity contribution < 1.29 is 18.0 Å². The molecule has 2 amide bonds. The minimum atomic E-state index is -4.27. The number of carbonyl (C=O) groups is 2. The molecule has 0 saturated carbocycles. The van der Waals surface area contributed by atoms with Crippen molar-refractivity contribution in [1.29, 1.82) is 0 Å². The molecule has 40 heavy (non-hydrogen) atoms. The summed E-state index contributed by atoms with van der Waals surface area (Å²) in [5, 5.41) is 3.41. The molecule has 3 aromatic rings. The number of halogens is 3. The number of hydrogen-bond acceptors (Lipinski definition) is 4. The van der Waals surface area contributed by atoms with E-state index < -0.39 is 28.5 Å². The van der Waals surface area contributed by atoms with Gasteiger partial charge >= 0.3 is 0 Å². The number of nitrogens with zero attached hydrogens (tertiary/aromatic N) is 2. The Bertz CT molecular complexity index is 1470. The van der Waals surface area contributed by atoms with Crippen LogP contribution in [0.4, 0.5) is 5.69 Å². The van der Waals surface area contributed by atoms with Crippen LogP contribution in [0.3, 0.4) is 0 Å². The Morgan fingerprint density at radius 2 is 1.52 bits per heavy atom. The zero-order valence-electron chi connectivity index (χ0n) is 22.7. The van der Waals surface area contributed by atoms with Crippen LogP contribution >= 0.6 is 34.8 Å². The summed E-state index contributed by atoms with van der Waals surface area (Å²) in [5.74, 6) is -0.998. The third-order valence-corrected chi connectivity index (χ3v) is 9.51. The number of anilines is 1. The van der Waals surface area contributed by atoms with Crippen LogP contribution in [-0.4, -0.2) is 43.8 Å². The van der Waals surface area contributed by atoms with Crippen molar-refractivity contribution in [2.75, 3.05) is 10.8 Å². The molecule has 7 nitrogen and oxygen atoms in total. The summed E-state index contributed by atoms with van der Waals surface area (Å²) in [5.41, 5.74) is 1.52. The second-order valence-electron chi connectivity index (χ2n) is 9.50. The van der Waals surface area contributed by atoms with Crippen molar-refractivity contribution in [2.24, 2.45) is 0 Å². The van der Waals surface area contributed by atoms with E-state index in [4.69, 9.17) is 34.8 Å². The average Bonchev–Trinajstić information content (AvgIpc) is 2.92. The minimum absolute atomic E-state index is 0.0186. The van der Waals surface area contributed by atoms with Gasteiger partial charge in [0, 0.05) is 17.6 Å². The SMILES string of the molecule is CCC(C)NC(=O)C(C)N(Cc1ccccc1Cl)C(=O)CN(c1cccc(Cl)c1Cl)S(=O)(=O)c1ccc(C)cc1. The quantitative estimate of drug-likeness (QED) is 0.265. The van der Waals surface area contributed by atoms with E-state index in [-0.39, 0.29) is 39.1 Å². The van der Waals surface area contributed by atoms with E-state index in [1.54, 1.807) is 49.4 Å². The largest absolute Gasteiger partial charge is 0.352 e. The standard InChI is InChI=1S/C29H32Cl3N3O4S/c1-5-20(3)33-29(37)21(4)34(17-22-9-6-7-10-24(22)30)27(36)18-35(26-12-8-11-25(31)28(26)32)40(38,39)23-15-13-19(2)14-16-23/h6-16,20-21H,5,17-18H2,1-4H3,(H,33,37). The highest BCUT2D eigenvalue weighted by molar-refractivity contribution is 7.92. The number of benzene rings is 3. The fraction of sp³-hybridized carbons (Fsp3) is 0.310. The zero-order chi connectivity index (χ0) is 29.6. The van der Waals surface area contributed by atoms with E-state index in [0.29, 0.717) is 17.0 Å². The van der Waals surface area contributed by atoms with Crippen LogP contribution < -0.4 is 9.62 Å². The van der Waals surface area contributed by atoms with Crippen LogP contribution in [-0.2, 0) is 26.2 Å². The smallest absolute Gasteiger partial charge is 0.264 e. The van der Waals surface area contributed by atoms with Crippen molar-refractivity contribution >= 4 is 62.3 Å². The molecular weight excluding hydrogens is 593 g/mol.